The zero-order chi connectivity index (χ0) is 19.7. The quantitative estimate of drug-likeness (QED) is 0.752. The molecule has 144 valence electrons. The molecule has 0 atom stereocenters. The molecule has 1 amide bonds. The highest BCUT2D eigenvalue weighted by Crippen LogP contribution is 2.18. The van der Waals surface area contributed by atoms with Crippen molar-refractivity contribution in [2.24, 2.45) is 0 Å². The van der Waals surface area contributed by atoms with Gasteiger partial charge in [-0.15, -0.1) is 0 Å². The summed E-state index contributed by atoms with van der Waals surface area (Å²) >= 11 is 0. The molecule has 1 aliphatic heterocycles. The van der Waals surface area contributed by atoms with Crippen LogP contribution in [0.1, 0.15) is 16.2 Å². The molecule has 28 heavy (non-hydrogen) atoms. The Morgan fingerprint density at radius 2 is 1.68 bits per heavy atom. The van der Waals surface area contributed by atoms with Gasteiger partial charge in [0.25, 0.3) is 5.91 Å². The molecule has 8 heteroatoms. The molecule has 1 fully saturated rings. The van der Waals surface area contributed by atoms with Crippen LogP contribution in [-0.4, -0.2) is 51.9 Å². The van der Waals surface area contributed by atoms with Gasteiger partial charge < -0.3 is 10.6 Å². The van der Waals surface area contributed by atoms with Crippen molar-refractivity contribution in [3.8, 4) is 0 Å². The standard InChI is InChI=1S/C20H19F2N5O/c21-14-9-13(10-15(22)11-14)20(28)27-7-5-26(6-8-27)12-18-24-17-4-2-1-3-16(17)19(23)25-18/h1-4,9-11H,5-8,12H2,(H2,23,24,25). The number of nitrogens with zero attached hydrogens (tertiary/aromatic N) is 4. The number of para-hydroxylation sites is 1. The third kappa shape index (κ3) is 3.77. The molecule has 0 saturated carbocycles. The Hall–Kier alpha value is -3.13. The fourth-order valence-electron chi connectivity index (χ4n) is 3.39. The van der Waals surface area contributed by atoms with Crippen LogP contribution in [0.25, 0.3) is 10.9 Å². The fourth-order valence-corrected chi connectivity index (χ4v) is 3.39. The van der Waals surface area contributed by atoms with Gasteiger partial charge in [0.15, 0.2) is 0 Å². The molecule has 6 nitrogen and oxygen atoms in total. The maximum absolute atomic E-state index is 13.4. The van der Waals surface area contributed by atoms with Crippen LogP contribution >= 0.6 is 0 Å². The van der Waals surface area contributed by atoms with Gasteiger partial charge in [-0.1, -0.05) is 12.1 Å². The van der Waals surface area contributed by atoms with E-state index in [1.54, 1.807) is 4.90 Å². The second-order valence-electron chi connectivity index (χ2n) is 6.77. The first-order valence-electron chi connectivity index (χ1n) is 8.98. The normalized spacial score (nSPS) is 15.1. The van der Waals surface area contributed by atoms with E-state index in [1.165, 1.54) is 0 Å². The van der Waals surface area contributed by atoms with Crippen molar-refractivity contribution in [3.05, 3.63) is 65.5 Å². The van der Waals surface area contributed by atoms with Crippen LogP contribution in [-0.2, 0) is 6.54 Å². The van der Waals surface area contributed by atoms with E-state index >= 15 is 0 Å². The van der Waals surface area contributed by atoms with Gasteiger partial charge in [0.05, 0.1) is 12.1 Å². The van der Waals surface area contributed by atoms with Gasteiger partial charge in [-0.3, -0.25) is 9.69 Å². The molecule has 0 bridgehead atoms. The fraction of sp³-hybridized carbons (Fsp3) is 0.250. The first-order valence-corrected chi connectivity index (χ1v) is 8.98. The highest BCUT2D eigenvalue weighted by Gasteiger charge is 2.23. The minimum absolute atomic E-state index is 0.0246. The van der Waals surface area contributed by atoms with Gasteiger partial charge in [0, 0.05) is 43.2 Å². The lowest BCUT2D eigenvalue weighted by Gasteiger charge is -2.34. The van der Waals surface area contributed by atoms with Crippen molar-refractivity contribution >= 4 is 22.6 Å². The van der Waals surface area contributed by atoms with E-state index in [0.717, 1.165) is 29.1 Å². The number of piperazine rings is 1. The molecule has 1 saturated heterocycles. The molecular weight excluding hydrogens is 364 g/mol. The minimum atomic E-state index is -0.756. The summed E-state index contributed by atoms with van der Waals surface area (Å²) in [5.41, 5.74) is 6.85. The van der Waals surface area contributed by atoms with Gasteiger partial charge in [0.2, 0.25) is 0 Å². The second kappa shape index (κ2) is 7.47. The summed E-state index contributed by atoms with van der Waals surface area (Å²) in [6, 6.07) is 10.4. The number of fused-ring (bicyclic) bond motifs is 1. The lowest BCUT2D eigenvalue weighted by Crippen LogP contribution is -2.48. The number of halogens is 2. The highest BCUT2D eigenvalue weighted by atomic mass is 19.1. The van der Waals surface area contributed by atoms with E-state index in [1.807, 2.05) is 24.3 Å². The van der Waals surface area contributed by atoms with Crippen molar-refractivity contribution in [2.75, 3.05) is 31.9 Å². The van der Waals surface area contributed by atoms with Gasteiger partial charge in [-0.25, -0.2) is 18.7 Å². The summed E-state index contributed by atoms with van der Waals surface area (Å²) in [5, 5.41) is 0.823. The van der Waals surface area contributed by atoms with Crippen molar-refractivity contribution in [1.82, 2.24) is 19.8 Å². The van der Waals surface area contributed by atoms with Crippen LogP contribution in [0.15, 0.2) is 42.5 Å². The van der Waals surface area contributed by atoms with Crippen molar-refractivity contribution in [1.29, 1.82) is 0 Å². The van der Waals surface area contributed by atoms with E-state index < -0.39 is 11.6 Å². The average Bonchev–Trinajstić information content (AvgIpc) is 2.67. The lowest BCUT2D eigenvalue weighted by molar-refractivity contribution is 0.0624. The Labute approximate surface area is 160 Å². The predicted octanol–water partition coefficient (Wildman–Crippen LogP) is 2.45. The maximum atomic E-state index is 13.4. The van der Waals surface area contributed by atoms with Crippen LogP contribution in [0.2, 0.25) is 0 Å². The lowest BCUT2D eigenvalue weighted by atomic mass is 10.1. The molecule has 2 N–H and O–H groups in total. The maximum Gasteiger partial charge on any atom is 0.254 e. The predicted molar refractivity (Wildman–Crippen MR) is 101 cm³/mol. The van der Waals surface area contributed by atoms with Crippen LogP contribution in [0.3, 0.4) is 0 Å². The Bertz CT molecular complexity index is 1010. The zero-order valence-electron chi connectivity index (χ0n) is 15.1. The van der Waals surface area contributed by atoms with Gasteiger partial charge in [-0.05, 0) is 24.3 Å². The molecule has 1 aliphatic rings. The van der Waals surface area contributed by atoms with E-state index in [2.05, 4.69) is 14.9 Å². The Morgan fingerprint density at radius 1 is 1.00 bits per heavy atom. The van der Waals surface area contributed by atoms with E-state index in [0.29, 0.717) is 44.4 Å². The summed E-state index contributed by atoms with van der Waals surface area (Å²) in [6.45, 7) is 2.66. The highest BCUT2D eigenvalue weighted by molar-refractivity contribution is 5.94. The molecular formula is C20H19F2N5O. The number of nitrogen functional groups attached to an aromatic ring is 1. The summed E-state index contributed by atoms with van der Waals surface area (Å²) in [4.78, 5) is 25.1. The number of hydrogen-bond acceptors (Lipinski definition) is 5. The number of anilines is 1. The number of aromatic nitrogens is 2. The number of carbonyl (C=O) groups excluding carboxylic acids is 1. The summed E-state index contributed by atoms with van der Waals surface area (Å²) in [6.07, 6.45) is 0. The molecule has 0 radical (unpaired) electrons. The Morgan fingerprint density at radius 3 is 2.39 bits per heavy atom. The second-order valence-corrected chi connectivity index (χ2v) is 6.77. The third-order valence-corrected chi connectivity index (χ3v) is 4.81. The van der Waals surface area contributed by atoms with Crippen molar-refractivity contribution in [2.45, 2.75) is 6.54 Å². The Balaban J connectivity index is 1.41. The van der Waals surface area contributed by atoms with Crippen molar-refractivity contribution < 1.29 is 13.6 Å². The van der Waals surface area contributed by atoms with Crippen LogP contribution in [0.4, 0.5) is 14.6 Å². The monoisotopic (exact) mass is 383 g/mol. The molecule has 1 aromatic heterocycles. The third-order valence-electron chi connectivity index (χ3n) is 4.81. The van der Waals surface area contributed by atoms with Crippen LogP contribution in [0.5, 0.6) is 0 Å². The van der Waals surface area contributed by atoms with Crippen LogP contribution in [0, 0.1) is 11.6 Å². The first-order chi connectivity index (χ1) is 13.5. The SMILES string of the molecule is Nc1nc(CN2CCN(C(=O)c3cc(F)cc(F)c3)CC2)nc2ccccc12. The summed E-state index contributed by atoms with van der Waals surface area (Å²) in [7, 11) is 0. The molecule has 4 rings (SSSR count). The minimum Gasteiger partial charge on any atom is -0.383 e. The number of benzene rings is 2. The van der Waals surface area contributed by atoms with Gasteiger partial charge in [-0.2, -0.15) is 0 Å². The number of nitrogens with two attached hydrogens (primary N) is 1. The van der Waals surface area contributed by atoms with Gasteiger partial charge >= 0.3 is 0 Å². The molecule has 2 heterocycles. The average molecular weight is 383 g/mol. The molecule has 3 aromatic rings. The molecule has 0 unspecified atom stereocenters. The van der Waals surface area contributed by atoms with E-state index in [4.69, 9.17) is 5.73 Å². The van der Waals surface area contributed by atoms with E-state index in [9.17, 15) is 13.6 Å². The molecule has 0 spiro atoms. The number of amides is 1. The zero-order valence-corrected chi connectivity index (χ0v) is 15.1. The van der Waals surface area contributed by atoms with Crippen molar-refractivity contribution in [3.63, 3.8) is 0 Å². The topological polar surface area (TPSA) is 75.3 Å². The van der Waals surface area contributed by atoms with Crippen LogP contribution < -0.4 is 5.73 Å². The number of rotatable bonds is 3. The number of hydrogen-bond donors (Lipinski definition) is 1. The Kier molecular flexibility index (Phi) is 4.87. The largest absolute Gasteiger partial charge is 0.383 e. The number of carbonyl (C=O) groups is 1. The molecule has 2 aromatic carbocycles. The summed E-state index contributed by atoms with van der Waals surface area (Å²) in [5.74, 6) is -0.809. The van der Waals surface area contributed by atoms with Gasteiger partial charge in [0.1, 0.15) is 23.3 Å². The first kappa shape index (κ1) is 18.2. The smallest absolute Gasteiger partial charge is 0.254 e. The molecule has 0 aliphatic carbocycles. The summed E-state index contributed by atoms with van der Waals surface area (Å²) < 4.78 is 26.7. The van der Waals surface area contributed by atoms with E-state index in [-0.39, 0.29) is 11.5 Å².